The van der Waals surface area contributed by atoms with Crippen LogP contribution in [0.5, 0.6) is 11.5 Å². The zero-order valence-electron chi connectivity index (χ0n) is 18.5. The number of aromatic nitrogens is 2. The number of imidazole rings is 1. The summed E-state index contributed by atoms with van der Waals surface area (Å²) in [6.45, 7) is 2.58. The number of anilines is 1. The van der Waals surface area contributed by atoms with E-state index in [0.29, 0.717) is 6.61 Å². The Morgan fingerprint density at radius 1 is 0.970 bits per heavy atom. The van der Waals surface area contributed by atoms with E-state index in [-0.39, 0.29) is 11.7 Å². The van der Waals surface area contributed by atoms with Crippen molar-refractivity contribution in [2.24, 2.45) is 0 Å². The number of hydrogen-bond donors (Lipinski definition) is 1. The number of methoxy groups -OCH3 is 1. The first-order valence-corrected chi connectivity index (χ1v) is 11.6. The average molecular weight is 460 g/mol. The van der Waals surface area contributed by atoms with Gasteiger partial charge in [0.25, 0.3) is 0 Å². The number of para-hydroxylation sites is 1. The molecule has 1 N–H and O–H groups in total. The molecule has 0 bridgehead atoms. The predicted molar refractivity (Wildman–Crippen MR) is 133 cm³/mol. The standard InChI is InChI=1S/C26H25N3O3S/c1-3-32-23-13-9-19(10-14-23)24-17-29(21-11-15-22(31-2)16-12-21)26(28-24)33-18-25(30)27-20-7-5-4-6-8-20/h4-17H,3,18H2,1-2H3,(H,27,30). The monoisotopic (exact) mass is 459 g/mol. The Hall–Kier alpha value is -3.71. The fraction of sp³-hybridized carbons (Fsp3) is 0.154. The molecule has 0 fully saturated rings. The number of nitrogens with zero attached hydrogens (tertiary/aromatic N) is 2. The first-order chi connectivity index (χ1) is 16.2. The molecule has 33 heavy (non-hydrogen) atoms. The van der Waals surface area contributed by atoms with Crippen molar-refractivity contribution >= 4 is 23.4 Å². The Bertz CT molecular complexity index is 1190. The Labute approximate surface area is 197 Å². The summed E-state index contributed by atoms with van der Waals surface area (Å²) in [5.74, 6) is 1.76. The zero-order chi connectivity index (χ0) is 23.0. The van der Waals surface area contributed by atoms with Gasteiger partial charge in [-0.05, 0) is 67.6 Å². The lowest BCUT2D eigenvalue weighted by molar-refractivity contribution is -0.113. The van der Waals surface area contributed by atoms with E-state index >= 15 is 0 Å². The molecule has 0 atom stereocenters. The van der Waals surface area contributed by atoms with Gasteiger partial charge in [0, 0.05) is 23.1 Å². The molecule has 0 radical (unpaired) electrons. The summed E-state index contributed by atoms with van der Waals surface area (Å²) in [5.41, 5.74) is 3.50. The van der Waals surface area contributed by atoms with Crippen LogP contribution < -0.4 is 14.8 Å². The van der Waals surface area contributed by atoms with E-state index < -0.39 is 0 Å². The highest BCUT2D eigenvalue weighted by Crippen LogP contribution is 2.29. The average Bonchev–Trinajstić information content (AvgIpc) is 3.28. The Morgan fingerprint density at radius 3 is 2.33 bits per heavy atom. The molecule has 0 unspecified atom stereocenters. The Morgan fingerprint density at radius 2 is 1.67 bits per heavy atom. The fourth-order valence-corrected chi connectivity index (χ4v) is 4.06. The number of hydrogen-bond acceptors (Lipinski definition) is 5. The number of ether oxygens (including phenoxy) is 2. The van der Waals surface area contributed by atoms with Crippen molar-refractivity contribution in [2.75, 3.05) is 24.8 Å². The summed E-state index contributed by atoms with van der Waals surface area (Å²) in [6, 6.07) is 25.0. The largest absolute Gasteiger partial charge is 0.497 e. The minimum atomic E-state index is -0.0851. The molecule has 0 spiro atoms. The summed E-state index contributed by atoms with van der Waals surface area (Å²) in [6.07, 6.45) is 1.98. The van der Waals surface area contributed by atoms with Gasteiger partial charge >= 0.3 is 0 Å². The summed E-state index contributed by atoms with van der Waals surface area (Å²) < 4.78 is 12.8. The second kappa shape index (κ2) is 10.7. The normalized spacial score (nSPS) is 10.6. The van der Waals surface area contributed by atoms with E-state index in [1.165, 1.54) is 11.8 Å². The number of thioether (sulfide) groups is 1. The molecule has 7 heteroatoms. The molecule has 0 aliphatic carbocycles. The Balaban J connectivity index is 1.58. The predicted octanol–water partition coefficient (Wildman–Crippen LogP) is 5.68. The lowest BCUT2D eigenvalue weighted by Gasteiger charge is -2.08. The molecule has 1 heterocycles. The van der Waals surface area contributed by atoms with Gasteiger partial charge in [0.15, 0.2) is 5.16 Å². The zero-order valence-corrected chi connectivity index (χ0v) is 19.3. The van der Waals surface area contributed by atoms with Gasteiger partial charge in [0.05, 0.1) is 25.2 Å². The molecular formula is C26H25N3O3S. The molecule has 1 aromatic heterocycles. The van der Waals surface area contributed by atoms with Crippen molar-refractivity contribution in [2.45, 2.75) is 12.1 Å². The first-order valence-electron chi connectivity index (χ1n) is 10.6. The highest BCUT2D eigenvalue weighted by atomic mass is 32.2. The summed E-state index contributed by atoms with van der Waals surface area (Å²) in [5, 5.41) is 3.64. The lowest BCUT2D eigenvalue weighted by Crippen LogP contribution is -2.14. The summed E-state index contributed by atoms with van der Waals surface area (Å²) >= 11 is 1.39. The SMILES string of the molecule is CCOc1ccc(-c2cn(-c3ccc(OC)cc3)c(SCC(=O)Nc3ccccc3)n2)cc1. The van der Waals surface area contributed by atoms with E-state index in [9.17, 15) is 4.79 Å². The van der Waals surface area contributed by atoms with Crippen LogP contribution in [0.1, 0.15) is 6.92 Å². The fourth-order valence-electron chi connectivity index (χ4n) is 3.27. The topological polar surface area (TPSA) is 65.4 Å². The van der Waals surface area contributed by atoms with Gasteiger partial charge in [-0.2, -0.15) is 0 Å². The van der Waals surface area contributed by atoms with Crippen molar-refractivity contribution in [3.63, 3.8) is 0 Å². The minimum Gasteiger partial charge on any atom is -0.497 e. The van der Waals surface area contributed by atoms with E-state index in [1.54, 1.807) is 7.11 Å². The maximum Gasteiger partial charge on any atom is 0.234 e. The molecule has 4 aromatic rings. The third-order valence-electron chi connectivity index (χ3n) is 4.88. The maximum absolute atomic E-state index is 12.5. The van der Waals surface area contributed by atoms with Crippen LogP contribution in [0, 0.1) is 0 Å². The van der Waals surface area contributed by atoms with Gasteiger partial charge in [-0.1, -0.05) is 30.0 Å². The van der Waals surface area contributed by atoms with Gasteiger partial charge in [-0.3, -0.25) is 9.36 Å². The van der Waals surface area contributed by atoms with E-state index in [0.717, 1.165) is 39.3 Å². The van der Waals surface area contributed by atoms with Crippen molar-refractivity contribution in [1.82, 2.24) is 9.55 Å². The highest BCUT2D eigenvalue weighted by molar-refractivity contribution is 7.99. The lowest BCUT2D eigenvalue weighted by atomic mass is 10.1. The first kappa shape index (κ1) is 22.5. The van der Waals surface area contributed by atoms with E-state index in [1.807, 2.05) is 96.6 Å². The number of carbonyl (C=O) groups is 1. The number of benzene rings is 3. The number of carbonyl (C=O) groups excluding carboxylic acids is 1. The molecular weight excluding hydrogens is 434 g/mol. The second-order valence-corrected chi connectivity index (χ2v) is 8.08. The molecule has 1 amide bonds. The van der Waals surface area contributed by atoms with Crippen LogP contribution in [0.25, 0.3) is 16.9 Å². The number of rotatable bonds is 9. The highest BCUT2D eigenvalue weighted by Gasteiger charge is 2.14. The maximum atomic E-state index is 12.5. The van der Waals surface area contributed by atoms with E-state index in [4.69, 9.17) is 14.5 Å². The van der Waals surface area contributed by atoms with Crippen molar-refractivity contribution in [3.8, 4) is 28.4 Å². The van der Waals surface area contributed by atoms with Crippen molar-refractivity contribution < 1.29 is 14.3 Å². The molecule has 0 saturated carbocycles. The number of nitrogens with one attached hydrogen (secondary N) is 1. The van der Waals surface area contributed by atoms with Crippen molar-refractivity contribution in [3.05, 3.63) is 85.1 Å². The van der Waals surface area contributed by atoms with Gasteiger partial charge < -0.3 is 14.8 Å². The second-order valence-electron chi connectivity index (χ2n) is 7.14. The van der Waals surface area contributed by atoms with Gasteiger partial charge in [-0.25, -0.2) is 4.98 Å². The summed E-state index contributed by atoms with van der Waals surface area (Å²) in [4.78, 5) is 17.3. The molecule has 0 aliphatic heterocycles. The summed E-state index contributed by atoms with van der Waals surface area (Å²) in [7, 11) is 1.64. The van der Waals surface area contributed by atoms with Crippen LogP contribution in [-0.4, -0.2) is 34.9 Å². The van der Waals surface area contributed by atoms with Gasteiger partial charge in [0.1, 0.15) is 11.5 Å². The molecule has 168 valence electrons. The van der Waals surface area contributed by atoms with Gasteiger partial charge in [-0.15, -0.1) is 0 Å². The van der Waals surface area contributed by atoms with Crippen LogP contribution in [0.2, 0.25) is 0 Å². The third kappa shape index (κ3) is 5.75. The van der Waals surface area contributed by atoms with Crippen LogP contribution in [0.15, 0.2) is 90.2 Å². The smallest absolute Gasteiger partial charge is 0.234 e. The quantitative estimate of drug-likeness (QED) is 0.326. The minimum absolute atomic E-state index is 0.0851. The van der Waals surface area contributed by atoms with Crippen LogP contribution in [0.3, 0.4) is 0 Å². The molecule has 0 saturated heterocycles. The number of amides is 1. The van der Waals surface area contributed by atoms with Crippen LogP contribution in [0.4, 0.5) is 5.69 Å². The van der Waals surface area contributed by atoms with E-state index in [2.05, 4.69) is 5.32 Å². The Kier molecular flexibility index (Phi) is 7.32. The molecule has 0 aliphatic rings. The molecule has 6 nitrogen and oxygen atoms in total. The third-order valence-corrected chi connectivity index (χ3v) is 5.83. The van der Waals surface area contributed by atoms with Crippen LogP contribution in [-0.2, 0) is 4.79 Å². The van der Waals surface area contributed by atoms with Crippen molar-refractivity contribution in [1.29, 1.82) is 0 Å². The van der Waals surface area contributed by atoms with Crippen LogP contribution >= 0.6 is 11.8 Å². The van der Waals surface area contributed by atoms with Gasteiger partial charge in [0.2, 0.25) is 5.91 Å². The molecule has 3 aromatic carbocycles. The molecule has 4 rings (SSSR count).